The van der Waals surface area contributed by atoms with Crippen molar-refractivity contribution in [3.63, 3.8) is 0 Å². The Hall–Kier alpha value is -3.26. The van der Waals surface area contributed by atoms with E-state index in [-0.39, 0.29) is 29.6 Å². The van der Waals surface area contributed by atoms with Gasteiger partial charge < -0.3 is 19.9 Å². The fourth-order valence-corrected chi connectivity index (χ4v) is 6.26. The molecule has 1 N–H and O–H groups in total. The fourth-order valence-electron chi connectivity index (χ4n) is 6.26. The summed E-state index contributed by atoms with van der Waals surface area (Å²) in [5.74, 6) is -0.719. The Kier molecular flexibility index (Phi) is 7.52. The van der Waals surface area contributed by atoms with E-state index in [2.05, 4.69) is 22.4 Å². The van der Waals surface area contributed by atoms with E-state index in [1.807, 2.05) is 52.0 Å². The number of rotatable bonds is 6. The maximum atomic E-state index is 14.5. The predicted octanol–water partition coefficient (Wildman–Crippen LogP) is 2.76. The third-order valence-electron chi connectivity index (χ3n) is 8.52. The Morgan fingerprint density at radius 2 is 1.74 bits per heavy atom. The molecule has 2 aliphatic heterocycles. The van der Waals surface area contributed by atoms with Gasteiger partial charge in [-0.05, 0) is 55.7 Å². The first-order valence-electron chi connectivity index (χ1n) is 13.8. The SMILES string of the molecule is CC[C@H](C)[C@@H]1C(=O)NC(C2Cc3ccccc3C2)C(=O)N1[C@H](C(=O)N1CCOCC1)c1ccc(C)nc1C. The molecule has 3 heterocycles. The summed E-state index contributed by atoms with van der Waals surface area (Å²) in [5.41, 5.74) is 4.65. The van der Waals surface area contributed by atoms with Crippen molar-refractivity contribution in [2.75, 3.05) is 26.3 Å². The van der Waals surface area contributed by atoms with E-state index < -0.39 is 18.1 Å². The van der Waals surface area contributed by atoms with Gasteiger partial charge in [0.15, 0.2) is 0 Å². The van der Waals surface area contributed by atoms with Crippen molar-refractivity contribution in [3.8, 4) is 0 Å². The highest BCUT2D eigenvalue weighted by Gasteiger charge is 2.51. The minimum Gasteiger partial charge on any atom is -0.378 e. The largest absolute Gasteiger partial charge is 0.378 e. The lowest BCUT2D eigenvalue weighted by molar-refractivity contribution is -0.163. The Morgan fingerprint density at radius 3 is 2.34 bits per heavy atom. The van der Waals surface area contributed by atoms with Crippen LogP contribution in [0.3, 0.4) is 0 Å². The number of carbonyl (C=O) groups is 3. The molecule has 2 aromatic rings. The van der Waals surface area contributed by atoms with E-state index in [0.29, 0.717) is 44.0 Å². The molecule has 0 saturated carbocycles. The number of pyridine rings is 1. The number of hydrogen-bond acceptors (Lipinski definition) is 5. The smallest absolute Gasteiger partial charge is 0.250 e. The van der Waals surface area contributed by atoms with Crippen LogP contribution in [-0.2, 0) is 32.0 Å². The van der Waals surface area contributed by atoms with Gasteiger partial charge in [-0.25, -0.2) is 0 Å². The standard InChI is InChI=1S/C30H38N4O4/c1-5-18(2)26-28(35)32-25(23-16-21-8-6-7-9-22(21)17-23)29(36)34(26)27(24-11-10-19(3)31-20(24)4)30(37)33-12-14-38-15-13-33/h6-11,18,23,25-27H,5,12-17H2,1-4H3,(H,32,35)/t18-,25?,26+,27-/m0/s1. The number of fused-ring (bicyclic) bond motifs is 1. The third-order valence-corrected chi connectivity index (χ3v) is 8.52. The van der Waals surface area contributed by atoms with Gasteiger partial charge >= 0.3 is 0 Å². The number of benzene rings is 1. The van der Waals surface area contributed by atoms with Crippen molar-refractivity contribution in [1.82, 2.24) is 20.1 Å². The summed E-state index contributed by atoms with van der Waals surface area (Å²) in [6.45, 7) is 9.59. The van der Waals surface area contributed by atoms with Crippen LogP contribution in [0.2, 0.25) is 0 Å². The van der Waals surface area contributed by atoms with Crippen LogP contribution in [-0.4, -0.2) is 70.9 Å². The molecule has 3 amide bonds. The first kappa shape index (κ1) is 26.4. The molecule has 1 unspecified atom stereocenters. The number of amides is 3. The number of ether oxygens (including phenoxy) is 1. The van der Waals surface area contributed by atoms with E-state index in [4.69, 9.17) is 4.74 Å². The topological polar surface area (TPSA) is 91.8 Å². The first-order valence-corrected chi connectivity index (χ1v) is 13.8. The number of nitrogens with zero attached hydrogens (tertiary/aromatic N) is 3. The van der Waals surface area contributed by atoms with Crippen molar-refractivity contribution < 1.29 is 19.1 Å². The van der Waals surface area contributed by atoms with Gasteiger partial charge in [0.2, 0.25) is 17.7 Å². The summed E-state index contributed by atoms with van der Waals surface area (Å²) in [5, 5.41) is 3.10. The average molecular weight is 519 g/mol. The maximum absolute atomic E-state index is 14.5. The van der Waals surface area contributed by atoms with Gasteiger partial charge in [0.1, 0.15) is 18.1 Å². The summed E-state index contributed by atoms with van der Waals surface area (Å²) in [6.07, 6.45) is 2.15. The second-order valence-corrected chi connectivity index (χ2v) is 11.0. The lowest BCUT2D eigenvalue weighted by atomic mass is 9.85. The van der Waals surface area contributed by atoms with Gasteiger partial charge in [0.25, 0.3) is 0 Å². The second kappa shape index (κ2) is 10.8. The van der Waals surface area contributed by atoms with Crippen LogP contribution in [0, 0.1) is 25.7 Å². The van der Waals surface area contributed by atoms with Gasteiger partial charge in [-0.2, -0.15) is 0 Å². The van der Waals surface area contributed by atoms with Crippen LogP contribution in [0.1, 0.15) is 54.4 Å². The Balaban J connectivity index is 1.58. The minimum absolute atomic E-state index is 0.0550. The highest BCUT2D eigenvalue weighted by molar-refractivity contribution is 6.00. The van der Waals surface area contributed by atoms with Crippen LogP contribution in [0.4, 0.5) is 0 Å². The molecule has 0 spiro atoms. The molecule has 38 heavy (non-hydrogen) atoms. The molecule has 0 radical (unpaired) electrons. The summed E-state index contributed by atoms with van der Waals surface area (Å²) in [6, 6.07) is 9.62. The van der Waals surface area contributed by atoms with Crippen LogP contribution in [0.15, 0.2) is 36.4 Å². The minimum atomic E-state index is -0.926. The molecule has 5 rings (SSSR count). The number of morpholine rings is 1. The van der Waals surface area contributed by atoms with Crippen molar-refractivity contribution in [2.45, 2.75) is 65.1 Å². The molecule has 1 aromatic heterocycles. The van der Waals surface area contributed by atoms with Crippen molar-refractivity contribution in [3.05, 3.63) is 64.5 Å². The lowest BCUT2D eigenvalue weighted by Crippen LogP contribution is -2.68. The summed E-state index contributed by atoms with van der Waals surface area (Å²) >= 11 is 0. The molecule has 8 nitrogen and oxygen atoms in total. The van der Waals surface area contributed by atoms with Crippen LogP contribution in [0.5, 0.6) is 0 Å². The molecule has 2 fully saturated rings. The van der Waals surface area contributed by atoms with E-state index in [9.17, 15) is 14.4 Å². The monoisotopic (exact) mass is 518 g/mol. The lowest BCUT2D eigenvalue weighted by Gasteiger charge is -2.47. The molecular formula is C30H38N4O4. The zero-order valence-electron chi connectivity index (χ0n) is 22.8. The van der Waals surface area contributed by atoms with E-state index in [1.54, 1.807) is 9.80 Å². The van der Waals surface area contributed by atoms with E-state index >= 15 is 0 Å². The van der Waals surface area contributed by atoms with Gasteiger partial charge in [-0.3, -0.25) is 19.4 Å². The quantitative estimate of drug-likeness (QED) is 0.635. The third kappa shape index (κ3) is 4.82. The molecule has 1 aromatic carbocycles. The highest BCUT2D eigenvalue weighted by atomic mass is 16.5. The molecule has 3 aliphatic rings. The zero-order valence-corrected chi connectivity index (χ0v) is 22.8. The fraction of sp³-hybridized carbons (Fsp3) is 0.533. The van der Waals surface area contributed by atoms with Gasteiger partial charge in [0.05, 0.1) is 13.2 Å². The Morgan fingerprint density at radius 1 is 1.08 bits per heavy atom. The van der Waals surface area contributed by atoms with Crippen molar-refractivity contribution in [2.24, 2.45) is 11.8 Å². The van der Waals surface area contributed by atoms with Gasteiger partial charge in [-0.1, -0.05) is 50.6 Å². The number of aromatic nitrogens is 1. The number of aryl methyl sites for hydroxylation is 2. The second-order valence-electron chi connectivity index (χ2n) is 11.0. The first-order chi connectivity index (χ1) is 18.3. The number of piperazine rings is 1. The molecule has 2 saturated heterocycles. The summed E-state index contributed by atoms with van der Waals surface area (Å²) < 4.78 is 5.50. The molecule has 0 bridgehead atoms. The number of carbonyl (C=O) groups excluding carboxylic acids is 3. The molecule has 4 atom stereocenters. The van der Waals surface area contributed by atoms with Crippen molar-refractivity contribution >= 4 is 17.7 Å². The summed E-state index contributed by atoms with van der Waals surface area (Å²) in [7, 11) is 0. The van der Waals surface area contributed by atoms with Gasteiger partial charge in [-0.15, -0.1) is 0 Å². The normalized spacial score (nSPS) is 23.7. The number of hydrogen-bond donors (Lipinski definition) is 1. The Labute approximate surface area is 224 Å². The average Bonchev–Trinajstić information content (AvgIpc) is 3.35. The van der Waals surface area contributed by atoms with E-state index in [1.165, 1.54) is 11.1 Å². The number of nitrogens with one attached hydrogen (secondary N) is 1. The zero-order chi connectivity index (χ0) is 27.0. The van der Waals surface area contributed by atoms with Crippen LogP contribution < -0.4 is 5.32 Å². The summed E-state index contributed by atoms with van der Waals surface area (Å²) in [4.78, 5) is 50.6. The van der Waals surface area contributed by atoms with Crippen LogP contribution >= 0.6 is 0 Å². The van der Waals surface area contributed by atoms with E-state index in [0.717, 1.165) is 18.5 Å². The highest BCUT2D eigenvalue weighted by Crippen LogP contribution is 2.37. The predicted molar refractivity (Wildman–Crippen MR) is 143 cm³/mol. The maximum Gasteiger partial charge on any atom is 0.250 e. The Bertz CT molecular complexity index is 1200. The molecule has 8 heteroatoms. The van der Waals surface area contributed by atoms with Crippen molar-refractivity contribution in [1.29, 1.82) is 0 Å². The molecule has 202 valence electrons. The van der Waals surface area contributed by atoms with Crippen LogP contribution in [0.25, 0.3) is 0 Å². The molecule has 1 aliphatic carbocycles. The van der Waals surface area contributed by atoms with Gasteiger partial charge in [0, 0.05) is 30.0 Å². The molecular weight excluding hydrogens is 480 g/mol.